The largest absolute Gasteiger partial charge is 0.292 e. The van der Waals surface area contributed by atoms with Crippen LogP contribution >= 0.6 is 0 Å². The third kappa shape index (κ3) is 5.10. The SMILES string of the molecule is B.c1ccc(-n2c(-c3cc(-c4nc5ccccc5n4-c4ccccc4)cc(-c4nc5ccccc5n4-c4ccccc4)c3)nc3ccccc32)cc1. The highest BCUT2D eigenvalue weighted by atomic mass is 15.1. The van der Waals surface area contributed by atoms with Crippen molar-refractivity contribution in [2.75, 3.05) is 0 Å². The van der Waals surface area contributed by atoms with E-state index in [4.69, 9.17) is 15.0 Å². The maximum absolute atomic E-state index is 5.28. The normalized spacial score (nSPS) is 11.3. The fourth-order valence-corrected chi connectivity index (χ4v) is 7.19. The van der Waals surface area contributed by atoms with Crippen LogP contribution in [0.1, 0.15) is 0 Å². The van der Waals surface area contributed by atoms with E-state index in [9.17, 15) is 0 Å². The number of para-hydroxylation sites is 9. The minimum Gasteiger partial charge on any atom is -0.292 e. The van der Waals surface area contributed by atoms with Crippen LogP contribution in [0.15, 0.2) is 182 Å². The molecule has 52 heavy (non-hydrogen) atoms. The smallest absolute Gasteiger partial charge is 0.145 e. The molecule has 6 nitrogen and oxygen atoms in total. The average Bonchev–Trinajstić information content (AvgIpc) is 3.91. The van der Waals surface area contributed by atoms with Crippen molar-refractivity contribution in [2.24, 2.45) is 0 Å². The van der Waals surface area contributed by atoms with Crippen molar-refractivity contribution in [3.05, 3.63) is 182 Å². The van der Waals surface area contributed by atoms with E-state index in [0.29, 0.717) is 0 Å². The third-order valence-electron chi connectivity index (χ3n) is 9.43. The van der Waals surface area contributed by atoms with E-state index in [1.54, 1.807) is 0 Å². The van der Waals surface area contributed by atoms with Gasteiger partial charge in [0.15, 0.2) is 0 Å². The molecule has 0 saturated carbocycles. The second-order valence-electron chi connectivity index (χ2n) is 12.6. The quantitative estimate of drug-likeness (QED) is 0.166. The van der Waals surface area contributed by atoms with Gasteiger partial charge in [-0.3, -0.25) is 13.7 Å². The van der Waals surface area contributed by atoms with E-state index in [1.807, 2.05) is 36.4 Å². The molecule has 10 aromatic rings. The van der Waals surface area contributed by atoms with E-state index in [-0.39, 0.29) is 8.41 Å². The van der Waals surface area contributed by atoms with Gasteiger partial charge in [-0.2, -0.15) is 0 Å². The molecular weight excluding hydrogens is 635 g/mol. The van der Waals surface area contributed by atoms with Gasteiger partial charge in [0, 0.05) is 33.8 Å². The van der Waals surface area contributed by atoms with Crippen LogP contribution in [-0.2, 0) is 0 Å². The summed E-state index contributed by atoms with van der Waals surface area (Å²) >= 11 is 0. The van der Waals surface area contributed by atoms with Crippen molar-refractivity contribution in [3.63, 3.8) is 0 Å². The zero-order valence-corrected chi connectivity index (χ0v) is 27.5. The van der Waals surface area contributed by atoms with E-state index in [1.165, 1.54) is 0 Å². The zero-order valence-electron chi connectivity index (χ0n) is 27.5. The fraction of sp³-hybridized carbons (Fsp3) is 0. The lowest BCUT2D eigenvalue weighted by atomic mass is 10.0. The van der Waals surface area contributed by atoms with Gasteiger partial charge >= 0.3 is 0 Å². The summed E-state index contributed by atoms with van der Waals surface area (Å²) in [6.07, 6.45) is 0. The van der Waals surface area contributed by atoms with Gasteiger partial charge in [-0.15, -0.1) is 0 Å². The zero-order chi connectivity index (χ0) is 33.7. The van der Waals surface area contributed by atoms with Gasteiger partial charge in [0.1, 0.15) is 17.5 Å². The molecule has 0 amide bonds. The Kier molecular flexibility index (Phi) is 7.59. The topological polar surface area (TPSA) is 53.5 Å². The summed E-state index contributed by atoms with van der Waals surface area (Å²) in [5.41, 5.74) is 11.9. The van der Waals surface area contributed by atoms with Crippen molar-refractivity contribution in [1.29, 1.82) is 0 Å². The van der Waals surface area contributed by atoms with Gasteiger partial charge in [-0.05, 0) is 91.0 Å². The molecule has 0 aliphatic heterocycles. The van der Waals surface area contributed by atoms with E-state index >= 15 is 0 Å². The lowest BCUT2D eigenvalue weighted by Crippen LogP contribution is -2.02. The molecule has 3 aromatic heterocycles. The maximum atomic E-state index is 5.28. The first kappa shape index (κ1) is 31.0. The molecule has 10 rings (SSSR count). The first-order chi connectivity index (χ1) is 25.3. The number of aromatic nitrogens is 6. The Labute approximate surface area is 302 Å². The summed E-state index contributed by atoms with van der Waals surface area (Å²) in [5, 5.41) is 0. The van der Waals surface area contributed by atoms with Gasteiger partial charge in [-0.25, -0.2) is 15.0 Å². The van der Waals surface area contributed by atoms with Crippen LogP contribution in [0.4, 0.5) is 0 Å². The number of fused-ring (bicyclic) bond motifs is 3. The molecule has 0 spiro atoms. The number of benzene rings is 7. The molecule has 0 saturated heterocycles. The van der Waals surface area contributed by atoms with Crippen LogP contribution < -0.4 is 0 Å². The summed E-state index contributed by atoms with van der Waals surface area (Å²) in [6.45, 7) is 0. The van der Waals surface area contributed by atoms with E-state index < -0.39 is 0 Å². The first-order valence-corrected chi connectivity index (χ1v) is 17.1. The minimum absolute atomic E-state index is 0. The maximum Gasteiger partial charge on any atom is 0.145 e. The van der Waals surface area contributed by atoms with Crippen LogP contribution in [0.25, 0.3) is 84.3 Å². The van der Waals surface area contributed by atoms with E-state index in [0.717, 1.165) is 84.3 Å². The first-order valence-electron chi connectivity index (χ1n) is 17.1. The Balaban J connectivity index is 0.00000360. The van der Waals surface area contributed by atoms with Gasteiger partial charge in [0.2, 0.25) is 0 Å². The standard InChI is InChI=1S/C45H30N6.BH3/c1-4-16-34(17-5-1)49-40-25-13-10-22-37(40)46-43(49)31-28-32(44-47-38-23-11-14-26-41(38)50(44)35-18-6-2-7-19-35)30-33(29-31)45-48-39-24-12-15-27-42(39)51(45)36-20-8-3-9-21-36;/h1-30H;1H3. The summed E-state index contributed by atoms with van der Waals surface area (Å²) < 4.78 is 6.75. The number of rotatable bonds is 6. The van der Waals surface area contributed by atoms with Crippen LogP contribution in [0.3, 0.4) is 0 Å². The Morgan fingerprint density at radius 3 is 0.827 bits per heavy atom. The van der Waals surface area contributed by atoms with E-state index in [2.05, 4.69) is 159 Å². The molecule has 0 radical (unpaired) electrons. The lowest BCUT2D eigenvalue weighted by Gasteiger charge is -2.15. The fourth-order valence-electron chi connectivity index (χ4n) is 7.19. The Morgan fingerprint density at radius 2 is 0.538 bits per heavy atom. The molecule has 246 valence electrons. The number of hydrogen-bond acceptors (Lipinski definition) is 3. The molecule has 0 aliphatic carbocycles. The molecule has 0 N–H and O–H groups in total. The molecule has 0 bridgehead atoms. The highest BCUT2D eigenvalue weighted by Gasteiger charge is 2.22. The molecule has 7 aromatic carbocycles. The summed E-state index contributed by atoms with van der Waals surface area (Å²) in [7, 11) is 0. The highest BCUT2D eigenvalue weighted by Crippen LogP contribution is 2.38. The molecule has 3 heterocycles. The second-order valence-corrected chi connectivity index (χ2v) is 12.6. The molecule has 7 heteroatoms. The lowest BCUT2D eigenvalue weighted by molar-refractivity contribution is 1.09. The predicted molar refractivity (Wildman–Crippen MR) is 217 cm³/mol. The molecule has 0 atom stereocenters. The molecule has 0 aliphatic rings. The number of hydrogen-bond donors (Lipinski definition) is 0. The molecular formula is C45H33BN6. The van der Waals surface area contributed by atoms with Crippen LogP contribution in [0, 0.1) is 0 Å². The van der Waals surface area contributed by atoms with Crippen molar-refractivity contribution in [2.45, 2.75) is 0 Å². The Bertz CT molecular complexity index is 2530. The average molecular weight is 669 g/mol. The Morgan fingerprint density at radius 1 is 0.288 bits per heavy atom. The van der Waals surface area contributed by atoms with Crippen molar-refractivity contribution < 1.29 is 0 Å². The third-order valence-corrected chi connectivity index (χ3v) is 9.43. The molecule has 0 fully saturated rings. The number of nitrogens with zero attached hydrogens (tertiary/aromatic N) is 6. The molecule has 0 unspecified atom stereocenters. The monoisotopic (exact) mass is 668 g/mol. The number of imidazole rings is 3. The minimum atomic E-state index is 0. The predicted octanol–water partition coefficient (Wildman–Crippen LogP) is 9.52. The summed E-state index contributed by atoms with van der Waals surface area (Å²) in [5.74, 6) is 2.53. The van der Waals surface area contributed by atoms with Gasteiger partial charge in [-0.1, -0.05) is 91.0 Å². The van der Waals surface area contributed by atoms with Crippen molar-refractivity contribution in [1.82, 2.24) is 28.7 Å². The van der Waals surface area contributed by atoms with Crippen LogP contribution in [0.5, 0.6) is 0 Å². The van der Waals surface area contributed by atoms with Gasteiger partial charge < -0.3 is 0 Å². The second kappa shape index (κ2) is 12.7. The van der Waals surface area contributed by atoms with Crippen molar-refractivity contribution >= 4 is 41.5 Å². The summed E-state index contributed by atoms with van der Waals surface area (Å²) in [6, 6.07) is 63.0. The Hall–Kier alpha value is -6.99. The van der Waals surface area contributed by atoms with Crippen LogP contribution in [0.2, 0.25) is 0 Å². The summed E-state index contributed by atoms with van der Waals surface area (Å²) in [4.78, 5) is 15.9. The van der Waals surface area contributed by atoms with Gasteiger partial charge in [0.25, 0.3) is 0 Å². The highest BCUT2D eigenvalue weighted by molar-refractivity contribution is 5.90. The van der Waals surface area contributed by atoms with Crippen LogP contribution in [-0.4, -0.2) is 37.1 Å². The van der Waals surface area contributed by atoms with Gasteiger partial charge in [0.05, 0.1) is 41.5 Å². The van der Waals surface area contributed by atoms with Crippen molar-refractivity contribution in [3.8, 4) is 51.2 Å².